The number of aryl methyl sites for hydroxylation is 1. The average molecular weight is 272 g/mol. The van der Waals surface area contributed by atoms with Crippen molar-refractivity contribution in [2.75, 3.05) is 0 Å². The molecule has 102 valence electrons. The summed E-state index contributed by atoms with van der Waals surface area (Å²) < 4.78 is 18.4. The Morgan fingerprint density at radius 3 is 2.50 bits per heavy atom. The Kier molecular flexibility index (Phi) is 4.15. The quantitative estimate of drug-likeness (QED) is 0.855. The molecule has 0 aliphatic heterocycles. The van der Waals surface area contributed by atoms with Gasteiger partial charge in [0.05, 0.1) is 0 Å². The number of hydrogen-bond donors (Lipinski definition) is 1. The fourth-order valence-corrected chi connectivity index (χ4v) is 1.69. The lowest BCUT2D eigenvalue weighted by atomic mass is 10.1. The van der Waals surface area contributed by atoms with Crippen molar-refractivity contribution in [3.63, 3.8) is 0 Å². The molecule has 0 heterocycles. The Labute approximate surface area is 115 Å². The minimum absolute atomic E-state index is 0.316. The molecule has 1 N–H and O–H groups in total. The van der Waals surface area contributed by atoms with Gasteiger partial charge in [0, 0.05) is 6.08 Å². The molecule has 0 radical (unpaired) electrons. The van der Waals surface area contributed by atoms with Gasteiger partial charge in [-0.15, -0.1) is 0 Å². The molecule has 0 saturated heterocycles. The van der Waals surface area contributed by atoms with Crippen molar-refractivity contribution >= 4 is 12.0 Å². The predicted molar refractivity (Wildman–Crippen MR) is 74.3 cm³/mol. The third kappa shape index (κ3) is 3.68. The third-order valence-corrected chi connectivity index (χ3v) is 2.66. The van der Waals surface area contributed by atoms with Crippen LogP contribution in [0.3, 0.4) is 0 Å². The molecule has 0 unspecified atom stereocenters. The van der Waals surface area contributed by atoms with Crippen LogP contribution in [0, 0.1) is 12.7 Å². The van der Waals surface area contributed by atoms with Crippen LogP contribution in [0.4, 0.5) is 4.39 Å². The summed E-state index contributed by atoms with van der Waals surface area (Å²) in [5.74, 6) is -0.120. The zero-order chi connectivity index (χ0) is 14.5. The monoisotopic (exact) mass is 272 g/mol. The van der Waals surface area contributed by atoms with E-state index >= 15 is 0 Å². The van der Waals surface area contributed by atoms with E-state index < -0.39 is 5.97 Å². The second kappa shape index (κ2) is 6.02. The third-order valence-electron chi connectivity index (χ3n) is 2.66. The van der Waals surface area contributed by atoms with Gasteiger partial charge in [0.25, 0.3) is 0 Å². The van der Waals surface area contributed by atoms with Gasteiger partial charge in [-0.05, 0) is 60.5 Å². The number of aliphatic carboxylic acids is 1. The summed E-state index contributed by atoms with van der Waals surface area (Å²) in [5.41, 5.74) is 1.64. The molecule has 2 rings (SSSR count). The number of carbonyl (C=O) groups is 1. The van der Waals surface area contributed by atoms with Crippen LogP contribution in [0.15, 0.2) is 48.5 Å². The van der Waals surface area contributed by atoms with Crippen molar-refractivity contribution in [2.24, 2.45) is 0 Å². The maximum Gasteiger partial charge on any atom is 0.328 e. The number of ether oxygens (including phenoxy) is 1. The molecule has 0 aliphatic carbocycles. The molecular weight excluding hydrogens is 259 g/mol. The van der Waals surface area contributed by atoms with Gasteiger partial charge in [-0.1, -0.05) is 6.07 Å². The van der Waals surface area contributed by atoms with Crippen LogP contribution >= 0.6 is 0 Å². The first-order chi connectivity index (χ1) is 9.54. The first kappa shape index (κ1) is 13.8. The highest BCUT2D eigenvalue weighted by molar-refractivity contribution is 5.85. The van der Waals surface area contributed by atoms with Crippen molar-refractivity contribution in [1.82, 2.24) is 0 Å². The largest absolute Gasteiger partial charge is 0.478 e. The average Bonchev–Trinajstić information content (AvgIpc) is 2.41. The highest BCUT2D eigenvalue weighted by atomic mass is 19.1. The summed E-state index contributed by atoms with van der Waals surface area (Å²) >= 11 is 0. The number of hydrogen-bond acceptors (Lipinski definition) is 2. The lowest BCUT2D eigenvalue weighted by Crippen LogP contribution is -1.89. The maximum atomic E-state index is 12.8. The van der Waals surface area contributed by atoms with E-state index in [9.17, 15) is 9.18 Å². The van der Waals surface area contributed by atoms with Crippen LogP contribution < -0.4 is 4.74 Å². The molecular formula is C16H13FO3. The van der Waals surface area contributed by atoms with E-state index in [-0.39, 0.29) is 5.82 Å². The predicted octanol–water partition coefficient (Wildman–Crippen LogP) is 4.02. The van der Waals surface area contributed by atoms with Crippen molar-refractivity contribution in [1.29, 1.82) is 0 Å². The highest BCUT2D eigenvalue weighted by Crippen LogP contribution is 2.26. The molecule has 0 fully saturated rings. The van der Waals surface area contributed by atoms with Crippen molar-refractivity contribution in [3.05, 3.63) is 65.5 Å². The van der Waals surface area contributed by atoms with Gasteiger partial charge in [0.15, 0.2) is 0 Å². The molecule has 2 aromatic carbocycles. The summed E-state index contributed by atoms with van der Waals surface area (Å²) in [6.45, 7) is 1.86. The molecule has 0 bridgehead atoms. The molecule has 4 heteroatoms. The van der Waals surface area contributed by atoms with Gasteiger partial charge in [-0.2, -0.15) is 0 Å². The van der Waals surface area contributed by atoms with Gasteiger partial charge < -0.3 is 9.84 Å². The van der Waals surface area contributed by atoms with Crippen LogP contribution in [-0.2, 0) is 4.79 Å². The van der Waals surface area contributed by atoms with E-state index in [0.29, 0.717) is 11.5 Å². The first-order valence-electron chi connectivity index (χ1n) is 6.00. The standard InChI is InChI=1S/C16H13FO3/c1-11-10-12(3-9-16(18)19)2-8-15(11)20-14-6-4-13(17)5-7-14/h2-10H,1H3,(H,18,19). The van der Waals surface area contributed by atoms with Crippen molar-refractivity contribution < 1.29 is 19.0 Å². The summed E-state index contributed by atoms with van der Waals surface area (Å²) in [7, 11) is 0. The van der Waals surface area contributed by atoms with Gasteiger partial charge in [-0.25, -0.2) is 9.18 Å². The Hall–Kier alpha value is -2.62. The van der Waals surface area contributed by atoms with Crippen LogP contribution in [0.2, 0.25) is 0 Å². The minimum atomic E-state index is -0.991. The van der Waals surface area contributed by atoms with Gasteiger partial charge in [0.1, 0.15) is 17.3 Å². The number of carboxylic acid groups (broad SMARTS) is 1. The van der Waals surface area contributed by atoms with E-state index in [2.05, 4.69) is 0 Å². The van der Waals surface area contributed by atoms with E-state index in [0.717, 1.165) is 17.2 Å². The molecule has 0 saturated carbocycles. The Morgan fingerprint density at radius 1 is 1.20 bits per heavy atom. The zero-order valence-corrected chi connectivity index (χ0v) is 10.8. The Balaban J connectivity index is 2.17. The van der Waals surface area contributed by atoms with Crippen molar-refractivity contribution in [3.8, 4) is 11.5 Å². The smallest absolute Gasteiger partial charge is 0.328 e. The maximum absolute atomic E-state index is 12.8. The first-order valence-corrected chi connectivity index (χ1v) is 6.00. The number of benzene rings is 2. The lowest BCUT2D eigenvalue weighted by Gasteiger charge is -2.09. The highest BCUT2D eigenvalue weighted by Gasteiger charge is 2.02. The summed E-state index contributed by atoms with van der Waals surface area (Å²) in [4.78, 5) is 10.5. The summed E-state index contributed by atoms with van der Waals surface area (Å²) in [6, 6.07) is 11.1. The number of rotatable bonds is 4. The van der Waals surface area contributed by atoms with Gasteiger partial charge in [-0.3, -0.25) is 0 Å². The second-order valence-electron chi connectivity index (χ2n) is 4.25. The van der Waals surface area contributed by atoms with E-state index in [1.807, 2.05) is 13.0 Å². The second-order valence-corrected chi connectivity index (χ2v) is 4.25. The summed E-state index contributed by atoms with van der Waals surface area (Å²) in [6.07, 6.45) is 2.59. The molecule has 0 spiro atoms. The topological polar surface area (TPSA) is 46.5 Å². The molecule has 0 aromatic heterocycles. The van der Waals surface area contributed by atoms with Gasteiger partial charge in [0.2, 0.25) is 0 Å². The molecule has 3 nitrogen and oxygen atoms in total. The van der Waals surface area contributed by atoms with Crippen molar-refractivity contribution in [2.45, 2.75) is 6.92 Å². The normalized spacial score (nSPS) is 10.7. The van der Waals surface area contributed by atoms with E-state index in [1.165, 1.54) is 18.2 Å². The zero-order valence-electron chi connectivity index (χ0n) is 10.8. The Morgan fingerprint density at radius 2 is 1.90 bits per heavy atom. The molecule has 20 heavy (non-hydrogen) atoms. The minimum Gasteiger partial charge on any atom is -0.478 e. The SMILES string of the molecule is Cc1cc(C=CC(=O)O)ccc1Oc1ccc(F)cc1. The van der Waals surface area contributed by atoms with Crippen LogP contribution in [-0.4, -0.2) is 11.1 Å². The lowest BCUT2D eigenvalue weighted by molar-refractivity contribution is -0.131. The van der Waals surface area contributed by atoms with E-state index in [4.69, 9.17) is 9.84 Å². The Bertz CT molecular complexity index is 645. The fraction of sp³-hybridized carbons (Fsp3) is 0.0625. The molecule has 0 aliphatic rings. The van der Waals surface area contributed by atoms with Crippen LogP contribution in [0.25, 0.3) is 6.08 Å². The van der Waals surface area contributed by atoms with E-state index in [1.54, 1.807) is 24.3 Å². The summed E-state index contributed by atoms with van der Waals surface area (Å²) in [5, 5.41) is 8.57. The molecule has 0 amide bonds. The number of carboxylic acids is 1. The number of halogens is 1. The fourth-order valence-electron chi connectivity index (χ4n) is 1.69. The molecule has 0 atom stereocenters. The van der Waals surface area contributed by atoms with Crippen LogP contribution in [0.5, 0.6) is 11.5 Å². The molecule has 2 aromatic rings. The van der Waals surface area contributed by atoms with Gasteiger partial charge >= 0.3 is 5.97 Å². The van der Waals surface area contributed by atoms with Crippen LogP contribution in [0.1, 0.15) is 11.1 Å².